The maximum Gasteiger partial charge on any atom is 0.0955 e. The van der Waals surface area contributed by atoms with Crippen LogP contribution < -0.4 is 5.32 Å². The molecule has 0 aliphatic heterocycles. The Bertz CT molecular complexity index is 296. The minimum absolute atomic E-state index is 0.149. The van der Waals surface area contributed by atoms with E-state index in [2.05, 4.69) is 50.4 Å². The third-order valence-corrected chi connectivity index (χ3v) is 2.36. The van der Waals surface area contributed by atoms with Crippen molar-refractivity contribution in [1.82, 2.24) is 5.32 Å². The van der Waals surface area contributed by atoms with Gasteiger partial charge in [0.2, 0.25) is 0 Å². The van der Waals surface area contributed by atoms with E-state index in [-0.39, 0.29) is 12.2 Å². The number of ether oxygens (including phenoxy) is 1. The summed E-state index contributed by atoms with van der Waals surface area (Å²) in [7, 11) is 1.95. The van der Waals surface area contributed by atoms with Crippen LogP contribution in [0.25, 0.3) is 0 Å². The van der Waals surface area contributed by atoms with Crippen molar-refractivity contribution in [3.8, 4) is 0 Å². The summed E-state index contributed by atoms with van der Waals surface area (Å²) in [6, 6.07) is 8.39. The zero-order chi connectivity index (χ0) is 11.3. The standard InChI is InChI=1S/C13H21NO/c1-10(2)15-13(9-14-4)12-8-6-5-7-11(12)3/h5-8,10,13-14H,9H2,1-4H3/t13-/m1/s1. The number of nitrogens with one attached hydrogen (secondary N) is 1. The highest BCUT2D eigenvalue weighted by molar-refractivity contribution is 5.28. The van der Waals surface area contributed by atoms with E-state index in [1.807, 2.05) is 7.05 Å². The Morgan fingerprint density at radius 1 is 1.27 bits per heavy atom. The lowest BCUT2D eigenvalue weighted by Crippen LogP contribution is -2.22. The van der Waals surface area contributed by atoms with Gasteiger partial charge in [-0.25, -0.2) is 0 Å². The van der Waals surface area contributed by atoms with Gasteiger partial charge in [-0.3, -0.25) is 0 Å². The molecule has 0 aliphatic rings. The molecule has 0 fully saturated rings. The molecule has 1 aromatic rings. The first-order chi connectivity index (χ1) is 7.15. The summed E-state index contributed by atoms with van der Waals surface area (Å²) in [5, 5.41) is 3.17. The monoisotopic (exact) mass is 207 g/mol. The van der Waals surface area contributed by atoms with Crippen molar-refractivity contribution in [2.45, 2.75) is 33.0 Å². The smallest absolute Gasteiger partial charge is 0.0955 e. The van der Waals surface area contributed by atoms with E-state index in [4.69, 9.17) is 4.74 Å². The molecule has 0 heterocycles. The van der Waals surface area contributed by atoms with Gasteiger partial charge in [0.05, 0.1) is 12.2 Å². The zero-order valence-electron chi connectivity index (χ0n) is 10.1. The zero-order valence-corrected chi connectivity index (χ0v) is 10.1. The van der Waals surface area contributed by atoms with Gasteiger partial charge in [-0.2, -0.15) is 0 Å². The Morgan fingerprint density at radius 3 is 2.47 bits per heavy atom. The van der Waals surface area contributed by atoms with E-state index in [1.54, 1.807) is 0 Å². The molecular formula is C13H21NO. The van der Waals surface area contributed by atoms with Gasteiger partial charge < -0.3 is 10.1 Å². The Balaban J connectivity index is 2.83. The van der Waals surface area contributed by atoms with Gasteiger partial charge in [-0.15, -0.1) is 0 Å². The van der Waals surface area contributed by atoms with Crippen LogP contribution in [0.3, 0.4) is 0 Å². The molecule has 1 atom stereocenters. The highest BCUT2D eigenvalue weighted by atomic mass is 16.5. The van der Waals surface area contributed by atoms with E-state index in [1.165, 1.54) is 11.1 Å². The molecule has 0 aromatic heterocycles. The van der Waals surface area contributed by atoms with Gasteiger partial charge in [0.25, 0.3) is 0 Å². The number of hydrogen-bond donors (Lipinski definition) is 1. The molecule has 0 radical (unpaired) electrons. The summed E-state index contributed by atoms with van der Waals surface area (Å²) in [5.41, 5.74) is 2.57. The minimum atomic E-state index is 0.149. The molecule has 0 saturated heterocycles. The fraction of sp³-hybridized carbons (Fsp3) is 0.538. The third-order valence-electron chi connectivity index (χ3n) is 2.36. The SMILES string of the molecule is CNC[C@@H](OC(C)C)c1ccccc1C. The number of benzene rings is 1. The second-order valence-corrected chi connectivity index (χ2v) is 4.09. The molecule has 1 aromatic carbocycles. The molecule has 0 saturated carbocycles. The average molecular weight is 207 g/mol. The predicted octanol–water partition coefficient (Wildman–Crippen LogP) is 2.68. The first-order valence-corrected chi connectivity index (χ1v) is 5.50. The molecular weight excluding hydrogens is 186 g/mol. The van der Waals surface area contributed by atoms with Crippen molar-refractivity contribution < 1.29 is 4.74 Å². The summed E-state index contributed by atoms with van der Waals surface area (Å²) < 4.78 is 5.90. The van der Waals surface area contributed by atoms with Gasteiger partial charge in [0.1, 0.15) is 0 Å². The number of aryl methyl sites for hydroxylation is 1. The van der Waals surface area contributed by atoms with E-state index in [0.29, 0.717) is 0 Å². The van der Waals surface area contributed by atoms with Crippen LogP contribution in [0.1, 0.15) is 31.1 Å². The van der Waals surface area contributed by atoms with Crippen LogP contribution in [0, 0.1) is 6.92 Å². The van der Waals surface area contributed by atoms with Crippen LogP contribution in [-0.4, -0.2) is 19.7 Å². The van der Waals surface area contributed by atoms with E-state index in [0.717, 1.165) is 6.54 Å². The predicted molar refractivity (Wildman–Crippen MR) is 64.1 cm³/mol. The fourth-order valence-corrected chi connectivity index (χ4v) is 1.69. The maximum atomic E-state index is 5.90. The van der Waals surface area contributed by atoms with Crippen molar-refractivity contribution in [2.75, 3.05) is 13.6 Å². The summed E-state index contributed by atoms with van der Waals surface area (Å²) in [6.07, 6.45) is 0.402. The molecule has 2 heteroatoms. The van der Waals surface area contributed by atoms with Crippen molar-refractivity contribution in [1.29, 1.82) is 0 Å². The largest absolute Gasteiger partial charge is 0.370 e. The van der Waals surface area contributed by atoms with Gasteiger partial charge in [-0.1, -0.05) is 24.3 Å². The summed E-state index contributed by atoms with van der Waals surface area (Å²) in [5.74, 6) is 0. The Kier molecular flexibility index (Phi) is 4.79. The minimum Gasteiger partial charge on any atom is -0.370 e. The Labute approximate surface area is 92.6 Å². The number of rotatable bonds is 5. The topological polar surface area (TPSA) is 21.3 Å². The van der Waals surface area contributed by atoms with Gasteiger partial charge >= 0.3 is 0 Å². The van der Waals surface area contributed by atoms with Crippen LogP contribution in [-0.2, 0) is 4.74 Å². The average Bonchev–Trinajstić information content (AvgIpc) is 2.17. The lowest BCUT2D eigenvalue weighted by atomic mass is 10.0. The Hall–Kier alpha value is -0.860. The molecule has 0 unspecified atom stereocenters. The van der Waals surface area contributed by atoms with Crippen LogP contribution in [0.15, 0.2) is 24.3 Å². The molecule has 0 aliphatic carbocycles. The molecule has 0 amide bonds. The first-order valence-electron chi connectivity index (χ1n) is 5.50. The summed E-state index contributed by atoms with van der Waals surface area (Å²) in [6.45, 7) is 7.12. The normalized spacial score (nSPS) is 13.1. The molecule has 84 valence electrons. The van der Waals surface area contributed by atoms with Gasteiger partial charge in [-0.05, 0) is 38.9 Å². The van der Waals surface area contributed by atoms with Gasteiger partial charge in [0, 0.05) is 6.54 Å². The highest BCUT2D eigenvalue weighted by Crippen LogP contribution is 2.21. The van der Waals surface area contributed by atoms with Crippen molar-refractivity contribution in [3.05, 3.63) is 35.4 Å². The first kappa shape index (κ1) is 12.2. The lowest BCUT2D eigenvalue weighted by molar-refractivity contribution is 0.00781. The number of hydrogen-bond acceptors (Lipinski definition) is 2. The van der Waals surface area contributed by atoms with E-state index in [9.17, 15) is 0 Å². The van der Waals surface area contributed by atoms with E-state index < -0.39 is 0 Å². The molecule has 1 rings (SSSR count). The number of likely N-dealkylation sites (N-methyl/N-ethyl adjacent to an activating group) is 1. The van der Waals surface area contributed by atoms with Crippen LogP contribution in [0.2, 0.25) is 0 Å². The summed E-state index contributed by atoms with van der Waals surface area (Å²) >= 11 is 0. The third kappa shape index (κ3) is 3.65. The molecule has 1 N–H and O–H groups in total. The second kappa shape index (κ2) is 5.89. The fourth-order valence-electron chi connectivity index (χ4n) is 1.69. The van der Waals surface area contributed by atoms with Crippen LogP contribution >= 0.6 is 0 Å². The van der Waals surface area contributed by atoms with Crippen LogP contribution in [0.4, 0.5) is 0 Å². The molecule has 0 spiro atoms. The quantitative estimate of drug-likeness (QED) is 0.801. The van der Waals surface area contributed by atoms with Crippen molar-refractivity contribution >= 4 is 0 Å². The molecule has 0 bridgehead atoms. The van der Waals surface area contributed by atoms with Crippen molar-refractivity contribution in [3.63, 3.8) is 0 Å². The van der Waals surface area contributed by atoms with Gasteiger partial charge in [0.15, 0.2) is 0 Å². The lowest BCUT2D eigenvalue weighted by Gasteiger charge is -2.22. The van der Waals surface area contributed by atoms with Crippen LogP contribution in [0.5, 0.6) is 0 Å². The van der Waals surface area contributed by atoms with E-state index >= 15 is 0 Å². The molecule has 2 nitrogen and oxygen atoms in total. The second-order valence-electron chi connectivity index (χ2n) is 4.09. The molecule has 15 heavy (non-hydrogen) atoms. The van der Waals surface area contributed by atoms with Crippen molar-refractivity contribution in [2.24, 2.45) is 0 Å². The maximum absolute atomic E-state index is 5.90. The Morgan fingerprint density at radius 2 is 1.93 bits per heavy atom. The summed E-state index contributed by atoms with van der Waals surface area (Å²) in [4.78, 5) is 0. The highest BCUT2D eigenvalue weighted by Gasteiger charge is 2.14.